The van der Waals surface area contributed by atoms with Crippen LogP contribution in [0.15, 0.2) is 0 Å². The maximum atomic E-state index is 12.9. The molecule has 1 unspecified atom stereocenters. The molecule has 0 aromatic heterocycles. The standard InChI is InChI=1S/C10H20F2O3S.C2H7N/c11-8-6-4-2-1-3-5-7-10(12)9-16(13,14)15;1-3-2/h10H,1-9H2,(H,13,14,15);3H,1-2H3. The van der Waals surface area contributed by atoms with Crippen molar-refractivity contribution < 1.29 is 21.8 Å². The smallest absolute Gasteiger partial charge is 0.267 e. The molecule has 0 rings (SSSR count). The minimum atomic E-state index is -4.19. The van der Waals surface area contributed by atoms with Crippen molar-refractivity contribution in [3.8, 4) is 0 Å². The van der Waals surface area contributed by atoms with Gasteiger partial charge in [0, 0.05) is 0 Å². The molecule has 0 spiro atoms. The molecule has 19 heavy (non-hydrogen) atoms. The first kappa shape index (κ1) is 21.0. The van der Waals surface area contributed by atoms with Crippen LogP contribution in [-0.2, 0) is 10.1 Å². The highest BCUT2D eigenvalue weighted by molar-refractivity contribution is 7.85. The second-order valence-corrected chi connectivity index (χ2v) is 5.94. The summed E-state index contributed by atoms with van der Waals surface area (Å²) in [5.41, 5.74) is 0. The van der Waals surface area contributed by atoms with Gasteiger partial charge in [0.1, 0.15) is 11.9 Å². The molecule has 7 heteroatoms. The Balaban J connectivity index is 0. The third kappa shape index (κ3) is 23.3. The van der Waals surface area contributed by atoms with E-state index in [9.17, 15) is 17.2 Å². The maximum absolute atomic E-state index is 12.9. The number of hydrogen-bond donors (Lipinski definition) is 2. The summed E-state index contributed by atoms with van der Waals surface area (Å²) in [5.74, 6) is -0.811. The Bertz CT molecular complexity index is 274. The maximum Gasteiger partial charge on any atom is 0.267 e. The van der Waals surface area contributed by atoms with E-state index in [0.717, 1.165) is 25.7 Å². The molecule has 0 aromatic carbocycles. The Morgan fingerprint density at radius 2 is 1.47 bits per heavy atom. The first-order valence-corrected chi connectivity index (χ1v) is 8.22. The lowest BCUT2D eigenvalue weighted by atomic mass is 10.1. The number of alkyl halides is 2. The number of rotatable bonds is 10. The minimum Gasteiger partial charge on any atom is -0.323 e. The predicted molar refractivity (Wildman–Crippen MR) is 74.6 cm³/mol. The number of nitrogens with one attached hydrogen (secondary N) is 1. The zero-order valence-corrected chi connectivity index (χ0v) is 12.7. The van der Waals surface area contributed by atoms with E-state index in [1.165, 1.54) is 0 Å². The molecule has 0 heterocycles. The van der Waals surface area contributed by atoms with Gasteiger partial charge in [0.05, 0.1) is 6.67 Å². The van der Waals surface area contributed by atoms with Crippen LogP contribution in [0.4, 0.5) is 8.78 Å². The van der Waals surface area contributed by atoms with Crippen molar-refractivity contribution in [3.63, 3.8) is 0 Å². The minimum absolute atomic E-state index is 0.156. The highest BCUT2D eigenvalue weighted by Gasteiger charge is 2.15. The molecule has 0 aromatic rings. The van der Waals surface area contributed by atoms with Crippen molar-refractivity contribution in [2.75, 3.05) is 26.5 Å². The summed E-state index contributed by atoms with van der Waals surface area (Å²) in [5, 5.41) is 2.75. The largest absolute Gasteiger partial charge is 0.323 e. The van der Waals surface area contributed by atoms with Crippen molar-refractivity contribution in [3.05, 3.63) is 0 Å². The molecular formula is C12H27F2NO3S. The summed E-state index contributed by atoms with van der Waals surface area (Å²) in [7, 11) is -0.445. The zero-order valence-electron chi connectivity index (χ0n) is 11.9. The van der Waals surface area contributed by atoms with E-state index < -0.39 is 22.0 Å². The first-order chi connectivity index (χ1) is 8.87. The Morgan fingerprint density at radius 3 is 1.89 bits per heavy atom. The Kier molecular flexibility index (Phi) is 15.7. The molecule has 0 fully saturated rings. The van der Waals surface area contributed by atoms with Gasteiger partial charge >= 0.3 is 0 Å². The van der Waals surface area contributed by atoms with Crippen LogP contribution in [0, 0.1) is 0 Å². The van der Waals surface area contributed by atoms with Gasteiger partial charge in [-0.05, 0) is 26.9 Å². The lowest BCUT2D eigenvalue weighted by Gasteiger charge is -2.05. The summed E-state index contributed by atoms with van der Waals surface area (Å²) >= 11 is 0. The van der Waals surface area contributed by atoms with Gasteiger partial charge in [-0.25, -0.2) is 4.39 Å². The topological polar surface area (TPSA) is 66.4 Å². The van der Waals surface area contributed by atoms with E-state index in [2.05, 4.69) is 5.32 Å². The fraction of sp³-hybridized carbons (Fsp3) is 1.00. The average Bonchev–Trinajstić information content (AvgIpc) is 2.26. The van der Waals surface area contributed by atoms with E-state index in [-0.39, 0.29) is 13.1 Å². The van der Waals surface area contributed by atoms with Crippen LogP contribution in [0.1, 0.15) is 44.9 Å². The van der Waals surface area contributed by atoms with E-state index in [0.29, 0.717) is 12.8 Å². The molecule has 2 N–H and O–H groups in total. The Morgan fingerprint density at radius 1 is 1.05 bits per heavy atom. The summed E-state index contributed by atoms with van der Waals surface area (Å²) in [6, 6.07) is 0. The van der Waals surface area contributed by atoms with Gasteiger partial charge in [0.2, 0.25) is 0 Å². The van der Waals surface area contributed by atoms with Gasteiger partial charge in [-0.1, -0.05) is 32.1 Å². The van der Waals surface area contributed by atoms with Crippen molar-refractivity contribution in [1.82, 2.24) is 5.32 Å². The zero-order chi connectivity index (χ0) is 15.1. The van der Waals surface area contributed by atoms with Crippen LogP contribution in [0.5, 0.6) is 0 Å². The van der Waals surface area contributed by atoms with E-state index in [4.69, 9.17) is 4.55 Å². The molecule has 0 aliphatic heterocycles. The molecule has 118 valence electrons. The highest BCUT2D eigenvalue weighted by Crippen LogP contribution is 2.11. The molecule has 0 amide bonds. The lowest BCUT2D eigenvalue weighted by molar-refractivity contribution is 0.323. The van der Waals surface area contributed by atoms with Gasteiger partial charge in [-0.2, -0.15) is 8.42 Å². The predicted octanol–water partition coefficient (Wildman–Crippen LogP) is 2.75. The van der Waals surface area contributed by atoms with Crippen LogP contribution in [-0.4, -0.2) is 45.7 Å². The lowest BCUT2D eigenvalue weighted by Crippen LogP contribution is -2.16. The average molecular weight is 303 g/mol. The summed E-state index contributed by atoms with van der Waals surface area (Å²) in [4.78, 5) is 0. The quantitative estimate of drug-likeness (QED) is 0.481. The number of halogens is 2. The SMILES string of the molecule is CNC.O=S(=O)(O)CC(F)CCCCCCCCF. The molecule has 0 aliphatic rings. The van der Waals surface area contributed by atoms with Crippen molar-refractivity contribution in [2.45, 2.75) is 51.1 Å². The molecule has 0 bridgehead atoms. The van der Waals surface area contributed by atoms with Crippen LogP contribution in [0.25, 0.3) is 0 Å². The molecule has 4 nitrogen and oxygen atoms in total. The normalized spacial score (nSPS) is 12.7. The highest BCUT2D eigenvalue weighted by atomic mass is 32.2. The molecule has 0 aliphatic carbocycles. The summed E-state index contributed by atoms with van der Waals surface area (Å²) < 4.78 is 53.7. The van der Waals surface area contributed by atoms with Crippen LogP contribution in [0.2, 0.25) is 0 Å². The van der Waals surface area contributed by atoms with Crippen molar-refractivity contribution in [1.29, 1.82) is 0 Å². The number of hydrogen-bond acceptors (Lipinski definition) is 3. The summed E-state index contributed by atoms with van der Waals surface area (Å²) in [6.45, 7) is -0.291. The molecule has 1 atom stereocenters. The van der Waals surface area contributed by atoms with Crippen LogP contribution >= 0.6 is 0 Å². The Labute approximate surface area is 115 Å². The second-order valence-electron chi connectivity index (χ2n) is 4.44. The van der Waals surface area contributed by atoms with Crippen LogP contribution < -0.4 is 5.32 Å². The first-order valence-electron chi connectivity index (χ1n) is 6.61. The molecular weight excluding hydrogens is 276 g/mol. The summed E-state index contributed by atoms with van der Waals surface area (Å²) in [6.07, 6.45) is 3.36. The van der Waals surface area contributed by atoms with Gasteiger partial charge in [0.25, 0.3) is 10.1 Å². The Hall–Kier alpha value is -0.270. The monoisotopic (exact) mass is 303 g/mol. The van der Waals surface area contributed by atoms with Gasteiger partial charge in [-0.15, -0.1) is 0 Å². The molecule has 0 radical (unpaired) electrons. The third-order valence-corrected chi connectivity index (χ3v) is 3.08. The van der Waals surface area contributed by atoms with E-state index in [1.54, 1.807) is 0 Å². The van der Waals surface area contributed by atoms with E-state index >= 15 is 0 Å². The number of unbranched alkanes of at least 4 members (excludes halogenated alkanes) is 5. The van der Waals surface area contributed by atoms with Crippen molar-refractivity contribution >= 4 is 10.1 Å². The second kappa shape index (κ2) is 14.1. The molecule has 0 saturated heterocycles. The van der Waals surface area contributed by atoms with Gasteiger partial charge in [-0.3, -0.25) is 8.94 Å². The van der Waals surface area contributed by atoms with E-state index in [1.807, 2.05) is 14.1 Å². The fourth-order valence-corrected chi connectivity index (χ4v) is 2.10. The molecule has 0 saturated carbocycles. The van der Waals surface area contributed by atoms with Gasteiger partial charge < -0.3 is 5.32 Å². The third-order valence-electron chi connectivity index (χ3n) is 2.29. The van der Waals surface area contributed by atoms with Gasteiger partial charge in [0.15, 0.2) is 0 Å². The van der Waals surface area contributed by atoms with Crippen LogP contribution in [0.3, 0.4) is 0 Å². The van der Waals surface area contributed by atoms with Crippen molar-refractivity contribution in [2.24, 2.45) is 0 Å². The fourth-order valence-electron chi connectivity index (χ4n) is 1.48.